The molecule has 1 heterocycles. The van der Waals surface area contributed by atoms with Gasteiger partial charge in [0.05, 0.1) is 5.69 Å². The standard InChI is InChI=1S/C14H24N4O/c1-11(2)18(3)10-5-4-8-17-14(19)13-12(15)7-6-9-16-13/h6-7,9,11H,4-5,8,10,15H2,1-3H3,(H,17,19). The topological polar surface area (TPSA) is 71.2 Å². The van der Waals surface area contributed by atoms with Crippen LogP contribution in [0.15, 0.2) is 18.3 Å². The minimum Gasteiger partial charge on any atom is -0.397 e. The third-order valence-corrected chi connectivity index (χ3v) is 3.16. The van der Waals surface area contributed by atoms with Crippen LogP contribution in [0.5, 0.6) is 0 Å². The number of hydrogen-bond acceptors (Lipinski definition) is 4. The van der Waals surface area contributed by atoms with E-state index in [9.17, 15) is 4.79 Å². The molecule has 0 aromatic carbocycles. The lowest BCUT2D eigenvalue weighted by molar-refractivity contribution is 0.0948. The van der Waals surface area contributed by atoms with Crippen molar-refractivity contribution < 1.29 is 4.79 Å². The van der Waals surface area contributed by atoms with Crippen LogP contribution in [0.25, 0.3) is 0 Å². The lowest BCUT2D eigenvalue weighted by Gasteiger charge is -2.20. The third kappa shape index (κ3) is 5.26. The van der Waals surface area contributed by atoms with Crippen molar-refractivity contribution in [3.63, 3.8) is 0 Å². The molecule has 5 heteroatoms. The lowest BCUT2D eigenvalue weighted by Crippen LogP contribution is -2.29. The average molecular weight is 264 g/mol. The van der Waals surface area contributed by atoms with Crippen molar-refractivity contribution in [2.45, 2.75) is 32.7 Å². The molecule has 0 aliphatic heterocycles. The number of nitrogen functional groups attached to an aromatic ring is 1. The van der Waals surface area contributed by atoms with Gasteiger partial charge in [-0.2, -0.15) is 0 Å². The van der Waals surface area contributed by atoms with Gasteiger partial charge in [0.1, 0.15) is 0 Å². The fourth-order valence-electron chi connectivity index (χ4n) is 1.64. The van der Waals surface area contributed by atoms with E-state index >= 15 is 0 Å². The molecule has 106 valence electrons. The molecule has 0 bridgehead atoms. The highest BCUT2D eigenvalue weighted by Gasteiger charge is 2.09. The maximum atomic E-state index is 11.8. The zero-order valence-electron chi connectivity index (χ0n) is 12.0. The summed E-state index contributed by atoms with van der Waals surface area (Å²) in [6.07, 6.45) is 3.59. The Kier molecular flexibility index (Phi) is 6.29. The van der Waals surface area contributed by atoms with Gasteiger partial charge >= 0.3 is 0 Å². The Morgan fingerprint density at radius 2 is 2.21 bits per heavy atom. The Labute approximate surface area is 115 Å². The van der Waals surface area contributed by atoms with Gasteiger partial charge in [0.15, 0.2) is 5.69 Å². The molecule has 0 saturated carbocycles. The summed E-state index contributed by atoms with van der Waals surface area (Å²) in [5, 5.41) is 2.84. The van der Waals surface area contributed by atoms with Gasteiger partial charge in [0.25, 0.3) is 5.91 Å². The van der Waals surface area contributed by atoms with Crippen LogP contribution in [-0.2, 0) is 0 Å². The van der Waals surface area contributed by atoms with E-state index in [0.29, 0.717) is 24.0 Å². The van der Waals surface area contributed by atoms with E-state index < -0.39 is 0 Å². The number of hydrogen-bond donors (Lipinski definition) is 2. The van der Waals surface area contributed by atoms with Crippen LogP contribution in [0.4, 0.5) is 5.69 Å². The van der Waals surface area contributed by atoms with Crippen LogP contribution in [0.1, 0.15) is 37.2 Å². The molecule has 0 fully saturated rings. The Morgan fingerprint density at radius 3 is 2.84 bits per heavy atom. The number of nitrogens with one attached hydrogen (secondary N) is 1. The number of pyridine rings is 1. The fourth-order valence-corrected chi connectivity index (χ4v) is 1.64. The first-order valence-corrected chi connectivity index (χ1v) is 6.71. The Morgan fingerprint density at radius 1 is 1.47 bits per heavy atom. The van der Waals surface area contributed by atoms with Crippen LogP contribution >= 0.6 is 0 Å². The molecule has 3 N–H and O–H groups in total. The van der Waals surface area contributed by atoms with Gasteiger partial charge in [-0.05, 0) is 52.4 Å². The molecule has 19 heavy (non-hydrogen) atoms. The lowest BCUT2D eigenvalue weighted by atomic mass is 10.2. The van der Waals surface area contributed by atoms with E-state index in [1.54, 1.807) is 18.3 Å². The van der Waals surface area contributed by atoms with Gasteiger partial charge in [-0.25, -0.2) is 4.98 Å². The van der Waals surface area contributed by atoms with Gasteiger partial charge in [-0.1, -0.05) is 0 Å². The summed E-state index contributed by atoms with van der Waals surface area (Å²) in [7, 11) is 2.11. The van der Waals surface area contributed by atoms with E-state index in [2.05, 4.69) is 36.1 Å². The Hall–Kier alpha value is -1.62. The molecule has 0 saturated heterocycles. The molecule has 0 atom stereocenters. The van der Waals surface area contributed by atoms with Crippen molar-refractivity contribution in [3.05, 3.63) is 24.0 Å². The van der Waals surface area contributed by atoms with E-state index in [4.69, 9.17) is 5.73 Å². The smallest absolute Gasteiger partial charge is 0.272 e. The number of unbranched alkanes of at least 4 members (excludes halogenated alkanes) is 1. The van der Waals surface area contributed by atoms with Crippen LogP contribution in [0.3, 0.4) is 0 Å². The van der Waals surface area contributed by atoms with Crippen LogP contribution < -0.4 is 11.1 Å². The van der Waals surface area contributed by atoms with Crippen molar-refractivity contribution in [2.24, 2.45) is 0 Å². The van der Waals surface area contributed by atoms with Crippen LogP contribution in [0.2, 0.25) is 0 Å². The van der Waals surface area contributed by atoms with E-state index in [1.165, 1.54) is 0 Å². The molecule has 0 aliphatic rings. The van der Waals surface area contributed by atoms with Crippen molar-refractivity contribution in [1.29, 1.82) is 0 Å². The monoisotopic (exact) mass is 264 g/mol. The molecular weight excluding hydrogens is 240 g/mol. The summed E-state index contributed by atoms with van der Waals surface area (Å²) in [5.74, 6) is -0.199. The predicted molar refractivity (Wildman–Crippen MR) is 78.0 cm³/mol. The summed E-state index contributed by atoms with van der Waals surface area (Å²) < 4.78 is 0. The summed E-state index contributed by atoms with van der Waals surface area (Å²) in [6.45, 7) is 6.04. The largest absolute Gasteiger partial charge is 0.397 e. The van der Waals surface area contributed by atoms with Crippen molar-refractivity contribution >= 4 is 11.6 Å². The predicted octanol–water partition coefficient (Wildman–Crippen LogP) is 1.51. The molecule has 5 nitrogen and oxygen atoms in total. The Balaban J connectivity index is 2.23. The first-order chi connectivity index (χ1) is 9.02. The van der Waals surface area contributed by atoms with E-state index in [0.717, 1.165) is 19.4 Å². The Bertz CT molecular complexity index is 406. The molecular formula is C14H24N4O. The fraction of sp³-hybridized carbons (Fsp3) is 0.571. The SMILES string of the molecule is CC(C)N(C)CCCCNC(=O)c1ncccc1N. The number of aromatic nitrogens is 1. The summed E-state index contributed by atoms with van der Waals surface area (Å²) in [4.78, 5) is 18.1. The molecule has 0 unspecified atom stereocenters. The van der Waals surface area contributed by atoms with E-state index in [1.807, 2.05) is 0 Å². The second-order valence-corrected chi connectivity index (χ2v) is 4.98. The molecule has 1 amide bonds. The highest BCUT2D eigenvalue weighted by Crippen LogP contribution is 2.06. The van der Waals surface area contributed by atoms with Gasteiger partial charge in [-0.3, -0.25) is 4.79 Å². The molecule has 1 rings (SSSR count). The summed E-state index contributed by atoms with van der Waals surface area (Å²) in [5.41, 5.74) is 6.42. The molecule has 1 aromatic heterocycles. The first-order valence-electron chi connectivity index (χ1n) is 6.71. The van der Waals surface area contributed by atoms with Crippen LogP contribution in [-0.4, -0.2) is 42.0 Å². The van der Waals surface area contributed by atoms with Crippen molar-refractivity contribution in [1.82, 2.24) is 15.2 Å². The first kappa shape index (κ1) is 15.4. The number of carbonyl (C=O) groups excluding carboxylic acids is 1. The molecule has 1 aromatic rings. The second-order valence-electron chi connectivity index (χ2n) is 4.98. The number of nitrogens with zero attached hydrogens (tertiary/aromatic N) is 2. The zero-order chi connectivity index (χ0) is 14.3. The van der Waals surface area contributed by atoms with Gasteiger partial charge in [-0.15, -0.1) is 0 Å². The van der Waals surface area contributed by atoms with Crippen molar-refractivity contribution in [2.75, 3.05) is 25.9 Å². The van der Waals surface area contributed by atoms with Gasteiger partial charge in [0, 0.05) is 18.8 Å². The van der Waals surface area contributed by atoms with Gasteiger partial charge in [0.2, 0.25) is 0 Å². The number of carbonyl (C=O) groups is 1. The highest BCUT2D eigenvalue weighted by atomic mass is 16.1. The molecule has 0 spiro atoms. The maximum Gasteiger partial charge on any atom is 0.272 e. The van der Waals surface area contributed by atoms with Crippen LogP contribution in [0, 0.1) is 0 Å². The normalized spacial score (nSPS) is 11.0. The number of nitrogens with two attached hydrogens (primary N) is 1. The third-order valence-electron chi connectivity index (χ3n) is 3.16. The highest BCUT2D eigenvalue weighted by molar-refractivity contribution is 5.96. The maximum absolute atomic E-state index is 11.8. The minimum absolute atomic E-state index is 0.199. The number of amides is 1. The quantitative estimate of drug-likeness (QED) is 0.732. The average Bonchev–Trinajstić information content (AvgIpc) is 2.38. The van der Waals surface area contributed by atoms with E-state index in [-0.39, 0.29) is 5.91 Å². The number of rotatable bonds is 7. The van der Waals surface area contributed by atoms with Gasteiger partial charge < -0.3 is 16.0 Å². The van der Waals surface area contributed by atoms with Crippen molar-refractivity contribution in [3.8, 4) is 0 Å². The summed E-state index contributed by atoms with van der Waals surface area (Å²) in [6, 6.07) is 3.95. The molecule has 0 aliphatic carbocycles. The number of anilines is 1. The minimum atomic E-state index is -0.199. The molecule has 0 radical (unpaired) electrons. The summed E-state index contributed by atoms with van der Waals surface area (Å²) >= 11 is 0. The second kappa shape index (κ2) is 7.74. The zero-order valence-corrected chi connectivity index (χ0v) is 12.0.